The Bertz CT molecular complexity index is 743. The molecule has 2 aromatic rings. The van der Waals surface area contributed by atoms with Crippen molar-refractivity contribution >= 4 is 44.0 Å². The Balaban J connectivity index is 2.10. The molecular formula is C13H11IN2O4S. The van der Waals surface area contributed by atoms with Crippen LogP contribution in [0, 0.1) is 13.7 Å². The van der Waals surface area contributed by atoms with Gasteiger partial charge in [-0.05, 0) is 52.4 Å². The van der Waals surface area contributed by atoms with E-state index in [1.807, 2.05) is 0 Å². The van der Waals surface area contributed by atoms with Crippen LogP contribution in [0.25, 0.3) is 0 Å². The first-order chi connectivity index (χ1) is 9.85. The summed E-state index contributed by atoms with van der Waals surface area (Å²) in [6.45, 7) is 0. The van der Waals surface area contributed by atoms with Gasteiger partial charge in [0.1, 0.15) is 0 Å². The third kappa shape index (κ3) is 4.67. The molecule has 2 rings (SSSR count). The van der Waals surface area contributed by atoms with Crippen molar-refractivity contribution in [2.45, 2.75) is 5.75 Å². The minimum absolute atomic E-state index is 0.0678. The van der Waals surface area contributed by atoms with Crippen molar-refractivity contribution in [3.63, 3.8) is 0 Å². The lowest BCUT2D eigenvalue weighted by Gasteiger charge is -2.08. The van der Waals surface area contributed by atoms with E-state index in [0.29, 0.717) is 11.3 Å². The van der Waals surface area contributed by atoms with Crippen LogP contribution < -0.4 is 4.72 Å². The number of nitro benzene ring substituents is 1. The zero-order valence-corrected chi connectivity index (χ0v) is 13.7. The second kappa shape index (κ2) is 6.39. The highest BCUT2D eigenvalue weighted by molar-refractivity contribution is 14.1. The van der Waals surface area contributed by atoms with E-state index >= 15 is 0 Å². The van der Waals surface area contributed by atoms with Gasteiger partial charge in [-0.3, -0.25) is 14.8 Å². The maximum atomic E-state index is 12.0. The quantitative estimate of drug-likeness (QED) is 0.459. The summed E-state index contributed by atoms with van der Waals surface area (Å²) in [5, 5.41) is 10.5. The monoisotopic (exact) mass is 418 g/mol. The summed E-state index contributed by atoms with van der Waals surface area (Å²) >= 11 is 2.13. The first-order valence-corrected chi connectivity index (χ1v) is 8.58. The third-order valence-corrected chi connectivity index (χ3v) is 4.60. The highest BCUT2D eigenvalue weighted by Crippen LogP contribution is 2.17. The van der Waals surface area contributed by atoms with Crippen LogP contribution in [0.2, 0.25) is 0 Å². The molecule has 0 aliphatic rings. The molecule has 0 spiro atoms. The molecule has 0 atom stereocenters. The van der Waals surface area contributed by atoms with Crippen molar-refractivity contribution in [2.75, 3.05) is 4.72 Å². The second-order valence-electron chi connectivity index (χ2n) is 4.29. The largest absolute Gasteiger partial charge is 0.283 e. The lowest BCUT2D eigenvalue weighted by atomic mass is 10.2. The van der Waals surface area contributed by atoms with E-state index in [2.05, 4.69) is 27.3 Å². The van der Waals surface area contributed by atoms with E-state index in [-0.39, 0.29) is 11.4 Å². The first kappa shape index (κ1) is 15.7. The average molecular weight is 418 g/mol. The van der Waals surface area contributed by atoms with E-state index < -0.39 is 14.9 Å². The molecule has 0 radical (unpaired) electrons. The predicted molar refractivity (Wildman–Crippen MR) is 88.5 cm³/mol. The number of benzene rings is 2. The van der Waals surface area contributed by atoms with E-state index in [1.54, 1.807) is 24.3 Å². The van der Waals surface area contributed by atoms with Crippen molar-refractivity contribution in [2.24, 2.45) is 0 Å². The van der Waals surface area contributed by atoms with Gasteiger partial charge < -0.3 is 0 Å². The Kier molecular flexibility index (Phi) is 4.78. The van der Waals surface area contributed by atoms with Gasteiger partial charge in [0, 0.05) is 21.4 Å². The molecule has 0 bridgehead atoms. The minimum Gasteiger partial charge on any atom is -0.283 e. The maximum Gasteiger partial charge on any atom is 0.269 e. The number of rotatable bonds is 5. The number of nitrogens with zero attached hydrogens (tertiary/aromatic N) is 1. The van der Waals surface area contributed by atoms with Gasteiger partial charge in [-0.1, -0.05) is 12.1 Å². The van der Waals surface area contributed by atoms with E-state index in [4.69, 9.17) is 0 Å². The molecule has 0 aromatic heterocycles. The Hall–Kier alpha value is -1.68. The molecule has 0 saturated carbocycles. The van der Waals surface area contributed by atoms with Crippen molar-refractivity contribution < 1.29 is 13.3 Å². The van der Waals surface area contributed by atoms with Crippen molar-refractivity contribution in [3.05, 3.63) is 67.8 Å². The van der Waals surface area contributed by atoms with Crippen molar-refractivity contribution in [1.82, 2.24) is 0 Å². The van der Waals surface area contributed by atoms with Gasteiger partial charge in [0.2, 0.25) is 10.0 Å². The molecule has 0 aliphatic heterocycles. The molecule has 21 heavy (non-hydrogen) atoms. The molecule has 0 saturated heterocycles. The van der Waals surface area contributed by atoms with Gasteiger partial charge in [-0.2, -0.15) is 0 Å². The summed E-state index contributed by atoms with van der Waals surface area (Å²) in [7, 11) is -3.56. The van der Waals surface area contributed by atoms with Crippen LogP contribution in [0.4, 0.5) is 11.4 Å². The lowest BCUT2D eigenvalue weighted by Crippen LogP contribution is -2.15. The summed E-state index contributed by atoms with van der Waals surface area (Å²) in [4.78, 5) is 10.0. The fourth-order valence-corrected chi connectivity index (χ4v) is 3.23. The first-order valence-electron chi connectivity index (χ1n) is 5.85. The van der Waals surface area contributed by atoms with Gasteiger partial charge in [-0.25, -0.2) is 8.42 Å². The highest BCUT2D eigenvalue weighted by atomic mass is 127. The third-order valence-electron chi connectivity index (χ3n) is 2.62. The molecule has 6 nitrogen and oxygen atoms in total. The number of hydrogen-bond acceptors (Lipinski definition) is 4. The Morgan fingerprint density at radius 2 is 1.62 bits per heavy atom. The Morgan fingerprint density at radius 3 is 2.14 bits per heavy atom. The van der Waals surface area contributed by atoms with Gasteiger partial charge in [0.25, 0.3) is 5.69 Å². The number of nitrogens with one attached hydrogen (secondary N) is 1. The summed E-state index contributed by atoms with van der Waals surface area (Å²) in [5.41, 5.74) is 0.901. The molecule has 0 fully saturated rings. The summed E-state index contributed by atoms with van der Waals surface area (Å²) in [5.74, 6) is -0.239. The maximum absolute atomic E-state index is 12.0. The van der Waals surface area contributed by atoms with Crippen LogP contribution in [0.3, 0.4) is 0 Å². The molecule has 2 aromatic carbocycles. The Morgan fingerprint density at radius 1 is 1.05 bits per heavy atom. The standard InChI is InChI=1S/C13H11IN2O4S/c14-11-3-5-12(6-4-11)15-21(19,20)9-10-1-7-13(8-2-10)16(17)18/h1-8,15H,9H2. The number of halogens is 1. The molecule has 0 aliphatic carbocycles. The van der Waals surface area contributed by atoms with Crippen LogP contribution in [0.1, 0.15) is 5.56 Å². The normalized spacial score (nSPS) is 11.1. The minimum atomic E-state index is -3.56. The van der Waals surface area contributed by atoms with E-state index in [1.165, 1.54) is 24.3 Å². The zero-order chi connectivity index (χ0) is 15.5. The summed E-state index contributed by atoms with van der Waals surface area (Å²) in [6.07, 6.45) is 0. The van der Waals surface area contributed by atoms with Crippen molar-refractivity contribution in [3.8, 4) is 0 Å². The van der Waals surface area contributed by atoms with Crippen LogP contribution in [-0.4, -0.2) is 13.3 Å². The van der Waals surface area contributed by atoms with Gasteiger partial charge in [0.15, 0.2) is 0 Å². The molecule has 8 heteroatoms. The number of sulfonamides is 1. The van der Waals surface area contributed by atoms with Crippen LogP contribution in [0.15, 0.2) is 48.5 Å². The number of hydrogen-bond donors (Lipinski definition) is 1. The smallest absolute Gasteiger partial charge is 0.269 e. The lowest BCUT2D eigenvalue weighted by molar-refractivity contribution is -0.384. The topological polar surface area (TPSA) is 89.3 Å². The molecular weight excluding hydrogens is 407 g/mol. The number of anilines is 1. The summed E-state index contributed by atoms with van der Waals surface area (Å²) in [6, 6.07) is 12.4. The fraction of sp³-hybridized carbons (Fsp3) is 0.0769. The molecule has 0 heterocycles. The average Bonchev–Trinajstić information content (AvgIpc) is 2.41. The fourth-order valence-electron chi connectivity index (χ4n) is 1.67. The number of non-ortho nitro benzene ring substituents is 1. The Labute approximate surface area is 135 Å². The molecule has 0 amide bonds. The van der Waals surface area contributed by atoms with Crippen LogP contribution >= 0.6 is 22.6 Å². The van der Waals surface area contributed by atoms with Crippen LogP contribution in [0.5, 0.6) is 0 Å². The molecule has 0 unspecified atom stereocenters. The van der Waals surface area contributed by atoms with Gasteiger partial charge >= 0.3 is 0 Å². The summed E-state index contributed by atoms with van der Waals surface area (Å²) < 4.78 is 27.5. The highest BCUT2D eigenvalue weighted by Gasteiger charge is 2.13. The van der Waals surface area contributed by atoms with E-state index in [0.717, 1.165) is 3.57 Å². The SMILES string of the molecule is O=[N+]([O-])c1ccc(CS(=O)(=O)Nc2ccc(I)cc2)cc1. The zero-order valence-electron chi connectivity index (χ0n) is 10.7. The van der Waals surface area contributed by atoms with Gasteiger partial charge in [0.05, 0.1) is 10.7 Å². The predicted octanol–water partition coefficient (Wildman–Crippen LogP) is 3.14. The van der Waals surface area contributed by atoms with E-state index in [9.17, 15) is 18.5 Å². The van der Waals surface area contributed by atoms with Crippen LogP contribution in [-0.2, 0) is 15.8 Å². The second-order valence-corrected chi connectivity index (χ2v) is 7.26. The van der Waals surface area contributed by atoms with Gasteiger partial charge in [-0.15, -0.1) is 0 Å². The van der Waals surface area contributed by atoms with Crippen molar-refractivity contribution in [1.29, 1.82) is 0 Å². The molecule has 110 valence electrons. The number of nitro groups is 1. The molecule has 1 N–H and O–H groups in total.